The zero-order chi connectivity index (χ0) is 7.83. The predicted octanol–water partition coefficient (Wildman–Crippen LogP) is 1.42. The Hall–Kier alpha value is -0.0800. The quantitative estimate of drug-likeness (QED) is 0.509. The summed E-state index contributed by atoms with van der Waals surface area (Å²) in [6.07, 6.45) is 0. The second kappa shape index (κ2) is 2.21. The highest BCUT2D eigenvalue weighted by molar-refractivity contribution is 4.87. The normalized spacial score (nSPS) is 30.0. The van der Waals surface area contributed by atoms with Crippen LogP contribution in [0.4, 0.5) is 0 Å². The minimum absolute atomic E-state index is 0.310. The molecule has 0 aromatic rings. The maximum atomic E-state index is 5.33. The van der Waals surface area contributed by atoms with Gasteiger partial charge in [-0.1, -0.05) is 0 Å². The van der Waals surface area contributed by atoms with Crippen molar-refractivity contribution in [1.29, 1.82) is 0 Å². The molecular formula is C8H14O2. The zero-order valence-electron chi connectivity index (χ0n) is 6.64. The molecule has 0 aromatic carbocycles. The molecule has 2 nitrogen and oxygen atoms in total. The van der Waals surface area contributed by atoms with Gasteiger partial charge in [0, 0.05) is 5.41 Å². The van der Waals surface area contributed by atoms with Crippen LogP contribution in [0.25, 0.3) is 0 Å². The summed E-state index contributed by atoms with van der Waals surface area (Å²) < 4.78 is 10.7. The van der Waals surface area contributed by atoms with Crippen molar-refractivity contribution in [2.45, 2.75) is 19.6 Å². The molecule has 1 aliphatic heterocycles. The second-order valence-electron chi connectivity index (χ2n) is 3.48. The average Bonchev–Trinajstić information content (AvgIpc) is 1.79. The average molecular weight is 142 g/mol. The minimum atomic E-state index is -0.446. The fourth-order valence-electron chi connectivity index (χ4n) is 0.737. The Morgan fingerprint density at radius 3 is 1.80 bits per heavy atom. The van der Waals surface area contributed by atoms with Gasteiger partial charge in [-0.3, -0.25) is 0 Å². The van der Waals surface area contributed by atoms with E-state index in [9.17, 15) is 0 Å². The summed E-state index contributed by atoms with van der Waals surface area (Å²) in [5.41, 5.74) is -0.310. The summed E-state index contributed by atoms with van der Waals surface area (Å²) in [7, 11) is 0. The van der Waals surface area contributed by atoms with E-state index in [1.54, 1.807) is 0 Å². The molecule has 0 atom stereocenters. The highest BCUT2D eigenvalue weighted by atomic mass is 16.7. The summed E-state index contributed by atoms with van der Waals surface area (Å²) in [4.78, 5) is 0. The fraction of sp³-hybridized carbons (Fsp3) is 0.750. The number of hydrogen-bond donors (Lipinski definition) is 0. The number of ether oxygens (including phenoxy) is 2. The van der Waals surface area contributed by atoms with Crippen LogP contribution in [0, 0.1) is 19.3 Å². The van der Waals surface area contributed by atoms with E-state index >= 15 is 0 Å². The van der Waals surface area contributed by atoms with Gasteiger partial charge in [-0.05, 0) is 27.7 Å². The van der Waals surface area contributed by atoms with Crippen molar-refractivity contribution >= 4 is 0 Å². The first kappa shape index (κ1) is 8.02. The van der Waals surface area contributed by atoms with Gasteiger partial charge < -0.3 is 9.47 Å². The van der Waals surface area contributed by atoms with E-state index in [0.717, 1.165) is 0 Å². The standard InChI is InChI=1S/C8H14O2/c1-7(2)5-9-8(3,4)10-6-7/h1-2,5-6H2,3-4H3. The first-order valence-corrected chi connectivity index (χ1v) is 3.40. The lowest BCUT2D eigenvalue weighted by atomic mass is 9.95. The maximum absolute atomic E-state index is 5.33. The summed E-state index contributed by atoms with van der Waals surface area (Å²) >= 11 is 0. The van der Waals surface area contributed by atoms with Crippen molar-refractivity contribution < 1.29 is 9.47 Å². The molecule has 2 heteroatoms. The lowest BCUT2D eigenvalue weighted by molar-refractivity contribution is -0.270. The summed E-state index contributed by atoms with van der Waals surface area (Å²) in [6, 6.07) is 0. The Balaban J connectivity index is 2.46. The van der Waals surface area contributed by atoms with Crippen molar-refractivity contribution in [1.82, 2.24) is 0 Å². The van der Waals surface area contributed by atoms with E-state index in [0.29, 0.717) is 13.2 Å². The van der Waals surface area contributed by atoms with E-state index in [1.165, 1.54) is 0 Å². The molecule has 1 fully saturated rings. The Labute approximate surface area is 62.5 Å². The van der Waals surface area contributed by atoms with Gasteiger partial charge in [-0.25, -0.2) is 0 Å². The van der Waals surface area contributed by atoms with Crippen LogP contribution in [-0.2, 0) is 9.47 Å². The number of rotatable bonds is 0. The van der Waals surface area contributed by atoms with Crippen LogP contribution in [0.2, 0.25) is 0 Å². The Bertz CT molecular complexity index is 99.2. The molecule has 0 N–H and O–H groups in total. The van der Waals surface area contributed by atoms with E-state index in [4.69, 9.17) is 9.47 Å². The third-order valence-electron chi connectivity index (χ3n) is 1.45. The molecule has 0 aromatic heterocycles. The highest BCUT2D eigenvalue weighted by Gasteiger charge is 2.32. The van der Waals surface area contributed by atoms with Gasteiger partial charge in [0.25, 0.3) is 0 Å². The molecular weight excluding hydrogens is 128 g/mol. The first-order chi connectivity index (χ1) is 4.41. The molecule has 1 heterocycles. The topological polar surface area (TPSA) is 18.5 Å². The van der Waals surface area contributed by atoms with Crippen LogP contribution in [-0.4, -0.2) is 19.0 Å². The summed E-state index contributed by atoms with van der Waals surface area (Å²) in [5.74, 6) is -0.446. The van der Waals surface area contributed by atoms with E-state index in [-0.39, 0.29) is 5.41 Å². The predicted molar refractivity (Wildman–Crippen MR) is 39.1 cm³/mol. The van der Waals surface area contributed by atoms with Gasteiger partial charge in [-0.2, -0.15) is 0 Å². The lowest BCUT2D eigenvalue weighted by Gasteiger charge is -2.39. The molecule has 1 saturated heterocycles. The third-order valence-corrected chi connectivity index (χ3v) is 1.45. The second-order valence-corrected chi connectivity index (χ2v) is 3.48. The molecule has 0 aliphatic carbocycles. The molecule has 0 amide bonds. The van der Waals surface area contributed by atoms with Crippen molar-refractivity contribution in [3.8, 4) is 0 Å². The Morgan fingerprint density at radius 1 is 1.10 bits per heavy atom. The van der Waals surface area contributed by atoms with Gasteiger partial charge in [0.05, 0.1) is 13.2 Å². The van der Waals surface area contributed by atoms with Gasteiger partial charge in [0.1, 0.15) is 0 Å². The maximum Gasteiger partial charge on any atom is 0.162 e. The monoisotopic (exact) mass is 142 g/mol. The molecule has 0 bridgehead atoms. The molecule has 0 saturated carbocycles. The van der Waals surface area contributed by atoms with Crippen LogP contribution in [0.1, 0.15) is 13.8 Å². The van der Waals surface area contributed by atoms with Gasteiger partial charge in [0.2, 0.25) is 0 Å². The smallest absolute Gasteiger partial charge is 0.162 e. The minimum Gasteiger partial charge on any atom is -0.350 e. The van der Waals surface area contributed by atoms with Crippen molar-refractivity contribution in [2.75, 3.05) is 13.2 Å². The SMILES string of the molecule is [CH2]C1([CH2])COC(C)(C)OC1. The zero-order valence-corrected chi connectivity index (χ0v) is 6.64. The molecule has 0 spiro atoms. The Morgan fingerprint density at radius 2 is 1.50 bits per heavy atom. The van der Waals surface area contributed by atoms with Crippen LogP contribution in [0.5, 0.6) is 0 Å². The van der Waals surface area contributed by atoms with E-state index in [1.807, 2.05) is 13.8 Å². The molecule has 0 unspecified atom stereocenters. The van der Waals surface area contributed by atoms with Crippen LogP contribution in [0.3, 0.4) is 0 Å². The summed E-state index contributed by atoms with van der Waals surface area (Å²) in [5, 5.41) is 0. The highest BCUT2D eigenvalue weighted by Crippen LogP contribution is 2.27. The molecule has 2 radical (unpaired) electrons. The van der Waals surface area contributed by atoms with Crippen LogP contribution < -0.4 is 0 Å². The van der Waals surface area contributed by atoms with Crippen LogP contribution in [0.15, 0.2) is 0 Å². The van der Waals surface area contributed by atoms with Gasteiger partial charge >= 0.3 is 0 Å². The molecule has 1 aliphatic rings. The molecule has 58 valence electrons. The number of hydrogen-bond acceptors (Lipinski definition) is 2. The van der Waals surface area contributed by atoms with Gasteiger partial charge in [0.15, 0.2) is 5.79 Å². The van der Waals surface area contributed by atoms with Crippen molar-refractivity contribution in [3.63, 3.8) is 0 Å². The fourth-order valence-corrected chi connectivity index (χ4v) is 0.737. The Kier molecular flexibility index (Phi) is 1.77. The largest absolute Gasteiger partial charge is 0.350 e. The first-order valence-electron chi connectivity index (χ1n) is 3.40. The lowest BCUT2D eigenvalue weighted by Crippen LogP contribution is -2.43. The van der Waals surface area contributed by atoms with Crippen molar-refractivity contribution in [2.24, 2.45) is 5.41 Å². The van der Waals surface area contributed by atoms with E-state index in [2.05, 4.69) is 13.8 Å². The third kappa shape index (κ3) is 1.96. The summed E-state index contributed by atoms with van der Waals surface area (Å²) in [6.45, 7) is 12.6. The van der Waals surface area contributed by atoms with Crippen LogP contribution >= 0.6 is 0 Å². The van der Waals surface area contributed by atoms with Crippen molar-refractivity contribution in [3.05, 3.63) is 13.8 Å². The molecule has 10 heavy (non-hydrogen) atoms. The van der Waals surface area contributed by atoms with Gasteiger partial charge in [-0.15, -0.1) is 0 Å². The molecule has 1 rings (SSSR count). The van der Waals surface area contributed by atoms with E-state index < -0.39 is 5.79 Å².